The van der Waals surface area contributed by atoms with Crippen molar-refractivity contribution in [2.75, 3.05) is 6.61 Å². The molecule has 0 aliphatic heterocycles. The van der Waals surface area contributed by atoms with Crippen molar-refractivity contribution in [2.24, 2.45) is 0 Å². The number of aliphatic hydroxyl groups is 2. The van der Waals surface area contributed by atoms with Gasteiger partial charge in [-0.05, 0) is 19.8 Å². The molecule has 0 aliphatic carbocycles. The van der Waals surface area contributed by atoms with Crippen LogP contribution in [0, 0.1) is 0 Å². The van der Waals surface area contributed by atoms with Gasteiger partial charge >= 0.3 is 0 Å². The van der Waals surface area contributed by atoms with Gasteiger partial charge in [0.25, 0.3) is 0 Å². The van der Waals surface area contributed by atoms with Crippen LogP contribution in [-0.2, 0) is 0 Å². The third kappa shape index (κ3) is 13.9. The molecule has 2 nitrogen and oxygen atoms in total. The van der Waals surface area contributed by atoms with Gasteiger partial charge in [0.15, 0.2) is 0 Å². The van der Waals surface area contributed by atoms with E-state index in [1.165, 1.54) is 57.8 Å². The SMILES string of the molecule is CC(O)CCCCCCCCCCCCO. The first kappa shape index (κ1) is 15.9. The summed E-state index contributed by atoms with van der Waals surface area (Å²) in [6.07, 6.45) is 13.4. The van der Waals surface area contributed by atoms with Crippen LogP contribution in [0.1, 0.15) is 77.6 Å². The molecule has 0 spiro atoms. The van der Waals surface area contributed by atoms with Gasteiger partial charge in [0.1, 0.15) is 0 Å². The summed E-state index contributed by atoms with van der Waals surface area (Å²) >= 11 is 0. The normalized spacial score (nSPS) is 12.9. The zero-order valence-corrected chi connectivity index (χ0v) is 11.0. The summed E-state index contributed by atoms with van der Waals surface area (Å²) in [6, 6.07) is 0. The molecule has 1 unspecified atom stereocenters. The van der Waals surface area contributed by atoms with Gasteiger partial charge in [-0.15, -0.1) is 0 Å². The Morgan fingerprint density at radius 3 is 1.44 bits per heavy atom. The molecule has 0 bridgehead atoms. The fraction of sp³-hybridized carbons (Fsp3) is 1.00. The van der Waals surface area contributed by atoms with Crippen molar-refractivity contribution in [3.05, 3.63) is 0 Å². The molecule has 0 aliphatic rings. The molecule has 0 radical (unpaired) electrons. The standard InChI is InChI=1S/C14H30O2/c1-14(16)12-10-8-6-4-2-3-5-7-9-11-13-15/h14-16H,2-13H2,1H3. The highest BCUT2D eigenvalue weighted by molar-refractivity contribution is 4.50. The van der Waals surface area contributed by atoms with Gasteiger partial charge in [0.05, 0.1) is 6.10 Å². The lowest BCUT2D eigenvalue weighted by Gasteiger charge is -2.04. The van der Waals surface area contributed by atoms with E-state index in [0.717, 1.165) is 12.8 Å². The van der Waals surface area contributed by atoms with Crippen molar-refractivity contribution >= 4 is 0 Å². The molecule has 16 heavy (non-hydrogen) atoms. The van der Waals surface area contributed by atoms with Crippen LogP contribution in [0.25, 0.3) is 0 Å². The molecule has 0 aromatic heterocycles. The number of hydrogen-bond donors (Lipinski definition) is 2. The van der Waals surface area contributed by atoms with E-state index < -0.39 is 0 Å². The Morgan fingerprint density at radius 2 is 1.06 bits per heavy atom. The van der Waals surface area contributed by atoms with Crippen molar-refractivity contribution in [1.29, 1.82) is 0 Å². The van der Waals surface area contributed by atoms with E-state index in [1.54, 1.807) is 0 Å². The van der Waals surface area contributed by atoms with Crippen LogP contribution in [-0.4, -0.2) is 22.9 Å². The van der Waals surface area contributed by atoms with E-state index in [0.29, 0.717) is 6.61 Å². The van der Waals surface area contributed by atoms with E-state index in [9.17, 15) is 0 Å². The first-order valence-electron chi connectivity index (χ1n) is 7.06. The molecule has 98 valence electrons. The van der Waals surface area contributed by atoms with Crippen LogP contribution in [0.3, 0.4) is 0 Å². The highest BCUT2D eigenvalue weighted by Gasteiger charge is 1.96. The van der Waals surface area contributed by atoms with Crippen molar-refractivity contribution < 1.29 is 10.2 Å². The zero-order valence-electron chi connectivity index (χ0n) is 11.0. The molecule has 0 aromatic carbocycles. The summed E-state index contributed by atoms with van der Waals surface area (Å²) in [6.45, 7) is 2.22. The maximum atomic E-state index is 9.08. The van der Waals surface area contributed by atoms with Crippen molar-refractivity contribution in [3.63, 3.8) is 0 Å². The summed E-state index contributed by atoms with van der Waals surface area (Å²) < 4.78 is 0. The predicted octanol–water partition coefficient (Wildman–Crippen LogP) is 3.65. The second-order valence-corrected chi connectivity index (χ2v) is 4.90. The summed E-state index contributed by atoms with van der Waals surface area (Å²) in [5, 5.41) is 17.7. The van der Waals surface area contributed by atoms with Crippen molar-refractivity contribution in [2.45, 2.75) is 83.7 Å². The molecule has 0 saturated heterocycles. The summed E-state index contributed by atoms with van der Waals surface area (Å²) in [7, 11) is 0. The van der Waals surface area contributed by atoms with Gasteiger partial charge in [-0.3, -0.25) is 0 Å². The average Bonchev–Trinajstić information content (AvgIpc) is 2.25. The maximum absolute atomic E-state index is 9.08. The molecule has 2 heteroatoms. The van der Waals surface area contributed by atoms with Crippen molar-refractivity contribution in [3.8, 4) is 0 Å². The quantitative estimate of drug-likeness (QED) is 0.502. The van der Waals surface area contributed by atoms with Gasteiger partial charge in [0.2, 0.25) is 0 Å². The van der Waals surface area contributed by atoms with E-state index in [4.69, 9.17) is 10.2 Å². The molecule has 0 amide bonds. The van der Waals surface area contributed by atoms with Crippen LogP contribution in [0.2, 0.25) is 0 Å². The Labute approximate surface area is 101 Å². The summed E-state index contributed by atoms with van der Waals surface area (Å²) in [4.78, 5) is 0. The summed E-state index contributed by atoms with van der Waals surface area (Å²) in [5.74, 6) is 0. The highest BCUT2D eigenvalue weighted by Crippen LogP contribution is 2.11. The number of aliphatic hydroxyl groups excluding tert-OH is 2. The Morgan fingerprint density at radius 1 is 0.688 bits per heavy atom. The van der Waals surface area contributed by atoms with Gasteiger partial charge in [-0.25, -0.2) is 0 Å². The minimum absolute atomic E-state index is 0.119. The predicted molar refractivity (Wildman–Crippen MR) is 69.6 cm³/mol. The fourth-order valence-corrected chi connectivity index (χ4v) is 1.97. The lowest BCUT2D eigenvalue weighted by atomic mass is 10.0. The fourth-order valence-electron chi connectivity index (χ4n) is 1.97. The molecular formula is C14H30O2. The molecule has 1 atom stereocenters. The van der Waals surface area contributed by atoms with Crippen LogP contribution < -0.4 is 0 Å². The molecular weight excluding hydrogens is 200 g/mol. The smallest absolute Gasteiger partial charge is 0.0512 e. The Kier molecular flexibility index (Phi) is 12.9. The molecule has 0 heterocycles. The van der Waals surface area contributed by atoms with Crippen LogP contribution in [0.4, 0.5) is 0 Å². The van der Waals surface area contributed by atoms with Gasteiger partial charge in [-0.1, -0.05) is 57.8 Å². The second-order valence-electron chi connectivity index (χ2n) is 4.90. The van der Waals surface area contributed by atoms with Gasteiger partial charge in [0, 0.05) is 6.61 Å². The van der Waals surface area contributed by atoms with Crippen LogP contribution >= 0.6 is 0 Å². The summed E-state index contributed by atoms with van der Waals surface area (Å²) in [5.41, 5.74) is 0. The van der Waals surface area contributed by atoms with Crippen LogP contribution in [0.15, 0.2) is 0 Å². The molecule has 0 aromatic rings. The monoisotopic (exact) mass is 230 g/mol. The van der Waals surface area contributed by atoms with E-state index >= 15 is 0 Å². The van der Waals surface area contributed by atoms with E-state index in [-0.39, 0.29) is 6.10 Å². The van der Waals surface area contributed by atoms with Gasteiger partial charge in [-0.2, -0.15) is 0 Å². The third-order valence-electron chi connectivity index (χ3n) is 3.03. The zero-order chi connectivity index (χ0) is 12.1. The Balaban J connectivity index is 2.88. The largest absolute Gasteiger partial charge is 0.396 e. The molecule has 2 N–H and O–H groups in total. The average molecular weight is 230 g/mol. The first-order chi connectivity index (χ1) is 7.77. The Hall–Kier alpha value is -0.0800. The van der Waals surface area contributed by atoms with E-state index in [2.05, 4.69) is 0 Å². The van der Waals surface area contributed by atoms with E-state index in [1.807, 2.05) is 6.92 Å². The number of rotatable bonds is 12. The number of unbranched alkanes of at least 4 members (excludes halogenated alkanes) is 9. The highest BCUT2D eigenvalue weighted by atomic mass is 16.3. The van der Waals surface area contributed by atoms with Crippen LogP contribution in [0.5, 0.6) is 0 Å². The minimum atomic E-state index is -0.119. The molecule has 0 saturated carbocycles. The topological polar surface area (TPSA) is 40.5 Å². The minimum Gasteiger partial charge on any atom is -0.396 e. The van der Waals surface area contributed by atoms with Crippen molar-refractivity contribution in [1.82, 2.24) is 0 Å². The third-order valence-corrected chi connectivity index (χ3v) is 3.03. The lowest BCUT2D eigenvalue weighted by Crippen LogP contribution is -1.98. The van der Waals surface area contributed by atoms with Gasteiger partial charge < -0.3 is 10.2 Å². The Bertz CT molecular complexity index is 124. The first-order valence-corrected chi connectivity index (χ1v) is 7.06. The molecule has 0 rings (SSSR count). The maximum Gasteiger partial charge on any atom is 0.0512 e. The lowest BCUT2D eigenvalue weighted by molar-refractivity contribution is 0.180. The molecule has 0 fully saturated rings. The second kappa shape index (κ2) is 13.0. The number of hydrogen-bond acceptors (Lipinski definition) is 2.